The number of hydrogen-bond acceptors (Lipinski definition) is 6. The molecule has 0 saturated heterocycles. The van der Waals surface area contributed by atoms with Crippen LogP contribution in [0.2, 0.25) is 0 Å². The molecule has 0 radical (unpaired) electrons. The number of phenolic OH excluding ortho intramolecular Hbond substituents is 4. The molecule has 0 unspecified atom stereocenters. The van der Waals surface area contributed by atoms with Crippen molar-refractivity contribution in [3.05, 3.63) is 47.5 Å². The van der Waals surface area contributed by atoms with Crippen LogP contribution in [0.25, 0.3) is 0 Å². The zero-order valence-corrected chi connectivity index (χ0v) is 13.6. The van der Waals surface area contributed by atoms with Gasteiger partial charge in [-0.05, 0) is 49.2 Å². The first-order valence-corrected chi connectivity index (χ1v) is 7.99. The summed E-state index contributed by atoms with van der Waals surface area (Å²) in [5, 5.41) is 37.2. The minimum Gasteiger partial charge on any atom is -0.504 e. The highest BCUT2D eigenvalue weighted by molar-refractivity contribution is 5.97. The van der Waals surface area contributed by atoms with Crippen LogP contribution in [-0.4, -0.2) is 32.0 Å². The number of Topliss-reactive ketones (excluding diaryl/α,β-unsaturated/α-hetero) is 2. The first kappa shape index (κ1) is 18.3. The Hall–Kier alpha value is -3.02. The van der Waals surface area contributed by atoms with Crippen LogP contribution < -0.4 is 0 Å². The van der Waals surface area contributed by atoms with Crippen molar-refractivity contribution in [3.63, 3.8) is 0 Å². The van der Waals surface area contributed by atoms with Gasteiger partial charge in [-0.1, -0.05) is 6.42 Å². The maximum absolute atomic E-state index is 12.0. The van der Waals surface area contributed by atoms with E-state index < -0.39 is 0 Å². The molecule has 25 heavy (non-hydrogen) atoms. The van der Waals surface area contributed by atoms with Crippen molar-refractivity contribution in [2.75, 3.05) is 0 Å². The molecule has 2 aromatic carbocycles. The fourth-order valence-corrected chi connectivity index (χ4v) is 2.43. The number of benzene rings is 2. The number of unbranched alkanes of at least 4 members (excludes halogenated alkanes) is 2. The summed E-state index contributed by atoms with van der Waals surface area (Å²) >= 11 is 0. The lowest BCUT2D eigenvalue weighted by molar-refractivity contribution is 0.0977. The number of ketones is 2. The van der Waals surface area contributed by atoms with E-state index in [1.54, 1.807) is 0 Å². The second-order valence-electron chi connectivity index (χ2n) is 5.81. The van der Waals surface area contributed by atoms with E-state index in [9.17, 15) is 30.0 Å². The number of carbonyl (C=O) groups is 2. The minimum atomic E-state index is -0.325. The average molecular weight is 344 g/mol. The van der Waals surface area contributed by atoms with Crippen molar-refractivity contribution in [1.29, 1.82) is 0 Å². The summed E-state index contributed by atoms with van der Waals surface area (Å²) < 4.78 is 0. The van der Waals surface area contributed by atoms with Gasteiger partial charge in [-0.25, -0.2) is 0 Å². The Labute approximate surface area is 145 Å². The largest absolute Gasteiger partial charge is 0.504 e. The van der Waals surface area contributed by atoms with Gasteiger partial charge >= 0.3 is 0 Å². The van der Waals surface area contributed by atoms with Crippen LogP contribution in [0.3, 0.4) is 0 Å². The van der Waals surface area contributed by atoms with E-state index in [4.69, 9.17) is 0 Å². The molecule has 0 spiro atoms. The van der Waals surface area contributed by atoms with Crippen LogP contribution >= 0.6 is 0 Å². The molecule has 132 valence electrons. The lowest BCUT2D eigenvalue weighted by atomic mass is 10.0. The van der Waals surface area contributed by atoms with Crippen LogP contribution in [0.5, 0.6) is 23.0 Å². The van der Waals surface area contributed by atoms with E-state index in [1.807, 2.05) is 0 Å². The Morgan fingerprint density at radius 1 is 0.600 bits per heavy atom. The second kappa shape index (κ2) is 8.19. The van der Waals surface area contributed by atoms with Crippen molar-refractivity contribution in [2.24, 2.45) is 0 Å². The van der Waals surface area contributed by atoms with Gasteiger partial charge in [0.15, 0.2) is 34.6 Å². The van der Waals surface area contributed by atoms with Gasteiger partial charge in [-0.2, -0.15) is 0 Å². The third-order valence-corrected chi connectivity index (χ3v) is 3.90. The number of rotatable bonds is 8. The van der Waals surface area contributed by atoms with Gasteiger partial charge in [0.2, 0.25) is 0 Å². The summed E-state index contributed by atoms with van der Waals surface area (Å²) in [5.74, 6) is -1.46. The first-order valence-electron chi connectivity index (χ1n) is 7.99. The monoisotopic (exact) mass is 344 g/mol. The molecule has 0 saturated carbocycles. The first-order chi connectivity index (χ1) is 11.9. The van der Waals surface area contributed by atoms with Crippen molar-refractivity contribution in [1.82, 2.24) is 0 Å². The summed E-state index contributed by atoms with van der Waals surface area (Å²) in [6, 6.07) is 7.93. The molecule has 0 fully saturated rings. The molecule has 6 nitrogen and oxygen atoms in total. The third kappa shape index (κ3) is 4.97. The van der Waals surface area contributed by atoms with Gasteiger partial charge in [-0.3, -0.25) is 9.59 Å². The lowest BCUT2D eigenvalue weighted by Gasteiger charge is -2.05. The van der Waals surface area contributed by atoms with E-state index in [0.717, 1.165) is 0 Å². The molecule has 0 aromatic heterocycles. The van der Waals surface area contributed by atoms with Crippen LogP contribution in [0.4, 0.5) is 0 Å². The summed E-state index contributed by atoms with van der Waals surface area (Å²) in [5.41, 5.74) is 0.678. The highest BCUT2D eigenvalue weighted by atomic mass is 16.3. The van der Waals surface area contributed by atoms with E-state index in [-0.39, 0.29) is 34.6 Å². The Kier molecular flexibility index (Phi) is 6.00. The number of phenols is 4. The molecule has 0 aliphatic heterocycles. The number of carbonyl (C=O) groups excluding carboxylic acids is 2. The van der Waals surface area contributed by atoms with E-state index in [1.165, 1.54) is 36.4 Å². The van der Waals surface area contributed by atoms with Gasteiger partial charge in [0, 0.05) is 24.0 Å². The van der Waals surface area contributed by atoms with Crippen LogP contribution in [0, 0.1) is 0 Å². The zero-order valence-electron chi connectivity index (χ0n) is 13.6. The Bertz CT molecular complexity index is 716. The Morgan fingerprint density at radius 3 is 1.36 bits per heavy atom. The fraction of sp³-hybridized carbons (Fsp3) is 0.263. The molecular formula is C19H20O6. The van der Waals surface area contributed by atoms with Gasteiger partial charge < -0.3 is 20.4 Å². The molecule has 6 heteroatoms. The molecule has 0 bridgehead atoms. The quantitative estimate of drug-likeness (QED) is 0.331. The third-order valence-electron chi connectivity index (χ3n) is 3.90. The van der Waals surface area contributed by atoms with Crippen molar-refractivity contribution in [2.45, 2.75) is 32.1 Å². The van der Waals surface area contributed by atoms with Crippen molar-refractivity contribution < 1.29 is 30.0 Å². The van der Waals surface area contributed by atoms with Gasteiger partial charge in [-0.15, -0.1) is 0 Å². The maximum Gasteiger partial charge on any atom is 0.163 e. The SMILES string of the molecule is O=C(CCCCCC(=O)c1ccc(O)c(O)c1)c1ccc(O)c(O)c1. The lowest BCUT2D eigenvalue weighted by Crippen LogP contribution is -2.01. The molecule has 0 aliphatic rings. The molecule has 4 N–H and O–H groups in total. The molecule has 0 heterocycles. The zero-order chi connectivity index (χ0) is 18.4. The van der Waals surface area contributed by atoms with Gasteiger partial charge in [0.25, 0.3) is 0 Å². The summed E-state index contributed by atoms with van der Waals surface area (Å²) in [4.78, 5) is 24.0. The highest BCUT2D eigenvalue weighted by Gasteiger charge is 2.11. The van der Waals surface area contributed by atoms with Crippen molar-refractivity contribution in [3.8, 4) is 23.0 Å². The van der Waals surface area contributed by atoms with Crippen LogP contribution in [0.15, 0.2) is 36.4 Å². The average Bonchev–Trinajstić information content (AvgIpc) is 2.59. The second-order valence-corrected chi connectivity index (χ2v) is 5.81. The normalized spacial score (nSPS) is 10.6. The molecule has 0 aliphatic carbocycles. The summed E-state index contributed by atoms with van der Waals surface area (Å²) in [6.45, 7) is 0. The summed E-state index contributed by atoms with van der Waals surface area (Å²) in [7, 11) is 0. The van der Waals surface area contributed by atoms with E-state index in [2.05, 4.69) is 0 Å². The predicted octanol–water partition coefficient (Wildman–Crippen LogP) is 3.53. The minimum absolute atomic E-state index is 0.134. The van der Waals surface area contributed by atoms with Gasteiger partial charge in [0.05, 0.1) is 0 Å². The van der Waals surface area contributed by atoms with Gasteiger partial charge in [0.1, 0.15) is 0 Å². The smallest absolute Gasteiger partial charge is 0.163 e. The molecular weight excluding hydrogens is 324 g/mol. The molecule has 2 rings (SSSR count). The maximum atomic E-state index is 12.0. The summed E-state index contributed by atoms with van der Waals surface area (Å²) in [6.07, 6.45) is 2.48. The Balaban J connectivity index is 1.73. The molecule has 0 amide bonds. The fourth-order valence-electron chi connectivity index (χ4n) is 2.43. The highest BCUT2D eigenvalue weighted by Crippen LogP contribution is 2.27. The van der Waals surface area contributed by atoms with Crippen LogP contribution in [-0.2, 0) is 0 Å². The number of hydrogen-bond donors (Lipinski definition) is 4. The Morgan fingerprint density at radius 2 is 1.00 bits per heavy atom. The topological polar surface area (TPSA) is 115 Å². The molecule has 2 aromatic rings. The van der Waals surface area contributed by atoms with E-state index in [0.29, 0.717) is 43.2 Å². The number of aromatic hydroxyl groups is 4. The standard InChI is InChI=1S/C19H20O6/c20-14(12-6-8-16(22)18(24)10-12)4-2-1-3-5-15(21)13-7-9-17(23)19(25)11-13/h6-11,22-25H,1-5H2. The van der Waals surface area contributed by atoms with Crippen molar-refractivity contribution >= 4 is 11.6 Å². The van der Waals surface area contributed by atoms with E-state index >= 15 is 0 Å². The predicted molar refractivity (Wildman–Crippen MR) is 91.3 cm³/mol. The molecule has 0 atom stereocenters. The van der Waals surface area contributed by atoms with Crippen LogP contribution in [0.1, 0.15) is 52.8 Å².